The summed E-state index contributed by atoms with van der Waals surface area (Å²) in [5.74, 6) is -0.182. The highest BCUT2D eigenvalue weighted by molar-refractivity contribution is 7.91. The lowest BCUT2D eigenvalue weighted by atomic mass is 10.2. The third-order valence-electron chi connectivity index (χ3n) is 3.13. The fourth-order valence-electron chi connectivity index (χ4n) is 2.32. The highest BCUT2D eigenvalue weighted by Gasteiger charge is 2.37. The Morgan fingerprint density at radius 1 is 1.29 bits per heavy atom. The van der Waals surface area contributed by atoms with Gasteiger partial charge in [0.15, 0.2) is 9.84 Å². The van der Waals surface area contributed by atoms with Gasteiger partial charge in [-0.2, -0.15) is 0 Å². The SMILES string of the molecule is O=S1(=O)CC(O)C(n2cnc3ccccc32)C1. The molecule has 1 aromatic carbocycles. The van der Waals surface area contributed by atoms with Gasteiger partial charge < -0.3 is 9.67 Å². The van der Waals surface area contributed by atoms with Crippen LogP contribution in [0.3, 0.4) is 0 Å². The van der Waals surface area contributed by atoms with Crippen LogP contribution in [0.4, 0.5) is 0 Å². The quantitative estimate of drug-likeness (QED) is 0.795. The van der Waals surface area contributed by atoms with Crippen LogP contribution < -0.4 is 0 Å². The van der Waals surface area contributed by atoms with Gasteiger partial charge >= 0.3 is 0 Å². The molecule has 2 unspecified atom stereocenters. The molecule has 1 saturated heterocycles. The molecule has 17 heavy (non-hydrogen) atoms. The van der Waals surface area contributed by atoms with Crippen LogP contribution in [-0.4, -0.2) is 40.7 Å². The lowest BCUT2D eigenvalue weighted by molar-refractivity contribution is 0.155. The van der Waals surface area contributed by atoms with E-state index in [1.807, 2.05) is 24.3 Å². The summed E-state index contributed by atoms with van der Waals surface area (Å²) in [5.41, 5.74) is 1.66. The van der Waals surface area contributed by atoms with Crippen LogP contribution in [0.1, 0.15) is 6.04 Å². The fraction of sp³-hybridized carbons (Fsp3) is 0.364. The fourth-order valence-corrected chi connectivity index (χ4v) is 4.10. The molecular formula is C11H12N2O3S. The van der Waals surface area contributed by atoms with Gasteiger partial charge in [-0.3, -0.25) is 0 Å². The van der Waals surface area contributed by atoms with E-state index in [-0.39, 0.29) is 11.5 Å². The molecule has 0 spiro atoms. The molecule has 0 bridgehead atoms. The van der Waals surface area contributed by atoms with Crippen LogP contribution in [0.25, 0.3) is 11.0 Å². The number of nitrogens with zero attached hydrogens (tertiary/aromatic N) is 2. The Balaban J connectivity index is 2.11. The lowest BCUT2D eigenvalue weighted by Crippen LogP contribution is -2.21. The number of aliphatic hydroxyl groups excluding tert-OH is 1. The summed E-state index contributed by atoms with van der Waals surface area (Å²) in [6.45, 7) is 0. The maximum absolute atomic E-state index is 11.5. The topological polar surface area (TPSA) is 72.2 Å². The van der Waals surface area contributed by atoms with Crippen LogP contribution in [-0.2, 0) is 9.84 Å². The van der Waals surface area contributed by atoms with Crippen LogP contribution in [0.2, 0.25) is 0 Å². The Labute approximate surface area is 98.6 Å². The maximum Gasteiger partial charge on any atom is 0.155 e. The zero-order valence-electron chi connectivity index (χ0n) is 9.02. The second-order valence-electron chi connectivity index (χ2n) is 4.35. The molecule has 1 N–H and O–H groups in total. The summed E-state index contributed by atoms with van der Waals surface area (Å²) in [6, 6.07) is 7.06. The second-order valence-corrected chi connectivity index (χ2v) is 6.51. The van der Waals surface area contributed by atoms with Crippen molar-refractivity contribution < 1.29 is 13.5 Å². The van der Waals surface area contributed by atoms with E-state index in [1.165, 1.54) is 0 Å². The van der Waals surface area contributed by atoms with Crippen molar-refractivity contribution in [2.24, 2.45) is 0 Å². The lowest BCUT2D eigenvalue weighted by Gasteiger charge is -2.15. The first-order valence-electron chi connectivity index (χ1n) is 5.37. The minimum Gasteiger partial charge on any atom is -0.390 e. The molecule has 5 nitrogen and oxygen atoms in total. The molecule has 0 saturated carbocycles. The average Bonchev–Trinajstić information content (AvgIpc) is 2.79. The number of aliphatic hydroxyl groups is 1. The van der Waals surface area contributed by atoms with Gasteiger partial charge in [-0.1, -0.05) is 12.1 Å². The second kappa shape index (κ2) is 3.54. The number of benzene rings is 1. The Morgan fingerprint density at radius 2 is 2.06 bits per heavy atom. The summed E-state index contributed by atoms with van der Waals surface area (Å²) < 4.78 is 24.7. The van der Waals surface area contributed by atoms with Gasteiger partial charge in [0.2, 0.25) is 0 Å². The number of fused-ring (bicyclic) bond motifs is 1. The molecular weight excluding hydrogens is 240 g/mol. The molecule has 0 aliphatic carbocycles. The maximum atomic E-state index is 11.5. The Bertz CT molecular complexity index is 662. The van der Waals surface area contributed by atoms with Crippen LogP contribution in [0.5, 0.6) is 0 Å². The molecule has 6 heteroatoms. The van der Waals surface area contributed by atoms with Gasteiger partial charge in [-0.15, -0.1) is 0 Å². The van der Waals surface area contributed by atoms with E-state index < -0.39 is 22.0 Å². The normalized spacial score (nSPS) is 27.6. The summed E-state index contributed by atoms with van der Waals surface area (Å²) in [5, 5.41) is 9.83. The summed E-state index contributed by atoms with van der Waals surface area (Å²) in [7, 11) is -3.14. The largest absolute Gasteiger partial charge is 0.390 e. The van der Waals surface area contributed by atoms with E-state index >= 15 is 0 Å². The van der Waals surface area contributed by atoms with E-state index in [0.717, 1.165) is 11.0 Å². The predicted octanol–water partition coefficient (Wildman–Crippen LogP) is 0.367. The third-order valence-corrected chi connectivity index (χ3v) is 4.83. The third kappa shape index (κ3) is 1.73. The van der Waals surface area contributed by atoms with Crippen molar-refractivity contribution in [3.05, 3.63) is 30.6 Å². The Kier molecular flexibility index (Phi) is 2.24. The number of hydrogen-bond acceptors (Lipinski definition) is 4. The van der Waals surface area contributed by atoms with Crippen molar-refractivity contribution in [3.8, 4) is 0 Å². The van der Waals surface area contributed by atoms with Crippen LogP contribution >= 0.6 is 0 Å². The van der Waals surface area contributed by atoms with Crippen molar-refractivity contribution in [3.63, 3.8) is 0 Å². The number of hydrogen-bond donors (Lipinski definition) is 1. The van der Waals surface area contributed by atoms with Gasteiger partial charge in [0.1, 0.15) is 0 Å². The van der Waals surface area contributed by atoms with Gasteiger partial charge in [-0.25, -0.2) is 13.4 Å². The Morgan fingerprint density at radius 3 is 2.76 bits per heavy atom. The first-order chi connectivity index (χ1) is 8.07. The molecule has 2 atom stereocenters. The molecule has 2 heterocycles. The van der Waals surface area contributed by atoms with Gasteiger partial charge in [-0.05, 0) is 12.1 Å². The van der Waals surface area contributed by atoms with Crippen LogP contribution in [0.15, 0.2) is 30.6 Å². The molecule has 1 fully saturated rings. The smallest absolute Gasteiger partial charge is 0.155 e. The van der Waals surface area contributed by atoms with E-state index in [2.05, 4.69) is 4.98 Å². The predicted molar refractivity (Wildman–Crippen MR) is 63.4 cm³/mol. The first kappa shape index (κ1) is 10.7. The van der Waals surface area contributed by atoms with Gasteiger partial charge in [0, 0.05) is 0 Å². The molecule has 0 radical (unpaired) electrons. The molecule has 3 rings (SSSR count). The van der Waals surface area contributed by atoms with E-state index in [4.69, 9.17) is 0 Å². The number of para-hydroxylation sites is 2. The molecule has 2 aromatic rings. The molecule has 1 aromatic heterocycles. The average molecular weight is 252 g/mol. The highest BCUT2D eigenvalue weighted by Crippen LogP contribution is 2.27. The van der Waals surface area contributed by atoms with E-state index in [9.17, 15) is 13.5 Å². The molecule has 1 aliphatic rings. The van der Waals surface area contributed by atoms with Gasteiger partial charge in [0.25, 0.3) is 0 Å². The van der Waals surface area contributed by atoms with Crippen molar-refractivity contribution in [1.29, 1.82) is 0 Å². The summed E-state index contributed by atoms with van der Waals surface area (Å²) in [4.78, 5) is 4.20. The van der Waals surface area contributed by atoms with Crippen molar-refractivity contribution in [2.45, 2.75) is 12.1 Å². The van der Waals surface area contributed by atoms with Crippen LogP contribution in [0, 0.1) is 0 Å². The molecule has 1 aliphatic heterocycles. The molecule has 0 amide bonds. The summed E-state index contributed by atoms with van der Waals surface area (Å²) in [6.07, 6.45) is 0.747. The monoisotopic (exact) mass is 252 g/mol. The Hall–Kier alpha value is -1.40. The minimum absolute atomic E-state index is 0.0193. The van der Waals surface area contributed by atoms with Gasteiger partial charge in [0.05, 0.1) is 41.0 Å². The standard InChI is InChI=1S/C11H12N2O3S/c14-11-6-17(15,16)5-10(11)13-7-12-8-3-1-2-4-9(8)13/h1-4,7,10-11,14H,5-6H2. The zero-order valence-corrected chi connectivity index (χ0v) is 9.84. The number of rotatable bonds is 1. The highest BCUT2D eigenvalue weighted by atomic mass is 32.2. The van der Waals surface area contributed by atoms with Crippen molar-refractivity contribution in [1.82, 2.24) is 9.55 Å². The number of aromatic nitrogens is 2. The summed E-state index contributed by atoms with van der Waals surface area (Å²) >= 11 is 0. The number of sulfone groups is 1. The van der Waals surface area contributed by atoms with E-state index in [0.29, 0.717) is 0 Å². The van der Waals surface area contributed by atoms with Crippen molar-refractivity contribution >= 4 is 20.9 Å². The van der Waals surface area contributed by atoms with E-state index in [1.54, 1.807) is 10.9 Å². The van der Waals surface area contributed by atoms with Crippen molar-refractivity contribution in [2.75, 3.05) is 11.5 Å². The number of imidazole rings is 1. The minimum atomic E-state index is -3.14. The molecule has 90 valence electrons. The zero-order chi connectivity index (χ0) is 12.0. The first-order valence-corrected chi connectivity index (χ1v) is 7.19.